The largest absolute Gasteiger partial charge is 0.342 e. The molecule has 0 aromatic carbocycles. The standard InChI is InChI=1S/C23H36N4O2S/c1-17-16-24-22(30-17)25-23(29)27(19-10-4-2-3-5-11-19)20-12-14-26(15-13-20)21(28)18-8-6-7-9-18/h16,18-20H,2-15H2,1H3,(H,24,25,29). The molecule has 3 fully saturated rings. The molecule has 1 aromatic rings. The predicted molar refractivity (Wildman–Crippen MR) is 121 cm³/mol. The van der Waals surface area contributed by atoms with Gasteiger partial charge < -0.3 is 9.80 Å². The number of carbonyl (C=O) groups is 2. The maximum absolute atomic E-state index is 13.4. The molecule has 1 aromatic heterocycles. The first-order valence-electron chi connectivity index (χ1n) is 11.9. The molecular weight excluding hydrogens is 396 g/mol. The monoisotopic (exact) mass is 432 g/mol. The molecule has 0 radical (unpaired) electrons. The minimum Gasteiger partial charge on any atom is -0.342 e. The van der Waals surface area contributed by atoms with E-state index in [1.54, 1.807) is 0 Å². The Hall–Kier alpha value is -1.63. The number of nitrogens with zero attached hydrogens (tertiary/aromatic N) is 3. The number of aromatic nitrogens is 1. The Morgan fingerprint density at radius 3 is 2.17 bits per heavy atom. The first-order chi connectivity index (χ1) is 14.6. The zero-order valence-corrected chi connectivity index (χ0v) is 19.1. The van der Waals surface area contributed by atoms with E-state index in [0.717, 1.165) is 56.5 Å². The highest BCUT2D eigenvalue weighted by Gasteiger charge is 2.36. The molecule has 2 heterocycles. The molecule has 0 unspecified atom stereocenters. The highest BCUT2D eigenvalue weighted by molar-refractivity contribution is 7.15. The number of piperidine rings is 1. The number of urea groups is 1. The van der Waals surface area contributed by atoms with Gasteiger partial charge in [0.15, 0.2) is 5.13 Å². The molecule has 2 saturated carbocycles. The maximum Gasteiger partial charge on any atom is 0.324 e. The lowest BCUT2D eigenvalue weighted by atomic mass is 9.97. The number of hydrogen-bond acceptors (Lipinski definition) is 4. The molecule has 4 rings (SSSR count). The van der Waals surface area contributed by atoms with Crippen LogP contribution in [0.15, 0.2) is 6.20 Å². The van der Waals surface area contributed by atoms with Crippen molar-refractivity contribution in [1.29, 1.82) is 0 Å². The maximum atomic E-state index is 13.4. The summed E-state index contributed by atoms with van der Waals surface area (Å²) in [5.41, 5.74) is 0. The van der Waals surface area contributed by atoms with Crippen LogP contribution in [0.2, 0.25) is 0 Å². The molecule has 6 nitrogen and oxygen atoms in total. The van der Waals surface area contributed by atoms with Crippen LogP contribution in [0.3, 0.4) is 0 Å². The molecule has 3 amide bonds. The third-order valence-corrected chi connectivity index (χ3v) is 7.99. The fraction of sp³-hybridized carbons (Fsp3) is 0.783. The number of rotatable bonds is 4. The predicted octanol–water partition coefficient (Wildman–Crippen LogP) is 5.19. The number of anilines is 1. The molecule has 166 valence electrons. The Bertz CT molecular complexity index is 715. The highest BCUT2D eigenvalue weighted by Crippen LogP contribution is 2.31. The number of likely N-dealkylation sites (tertiary alicyclic amines) is 1. The summed E-state index contributed by atoms with van der Waals surface area (Å²) in [5.74, 6) is 0.602. The van der Waals surface area contributed by atoms with Crippen LogP contribution in [0.5, 0.6) is 0 Å². The molecule has 7 heteroatoms. The fourth-order valence-electron chi connectivity index (χ4n) is 5.53. The van der Waals surface area contributed by atoms with Crippen LogP contribution >= 0.6 is 11.3 Å². The summed E-state index contributed by atoms with van der Waals surface area (Å²) in [6.07, 6.45) is 15.2. The van der Waals surface area contributed by atoms with Gasteiger partial charge in [0.1, 0.15) is 0 Å². The zero-order valence-electron chi connectivity index (χ0n) is 18.3. The van der Waals surface area contributed by atoms with Gasteiger partial charge in [-0.1, -0.05) is 38.5 Å². The summed E-state index contributed by atoms with van der Waals surface area (Å²) in [6, 6.07) is 0.509. The van der Waals surface area contributed by atoms with Crippen molar-refractivity contribution in [3.63, 3.8) is 0 Å². The molecule has 1 N–H and O–H groups in total. The lowest BCUT2D eigenvalue weighted by Gasteiger charge is -2.42. The van der Waals surface area contributed by atoms with E-state index < -0.39 is 0 Å². The van der Waals surface area contributed by atoms with Crippen molar-refractivity contribution in [2.24, 2.45) is 5.92 Å². The number of hydrogen-bond donors (Lipinski definition) is 1. The van der Waals surface area contributed by atoms with Crippen LogP contribution in [0.4, 0.5) is 9.93 Å². The van der Waals surface area contributed by atoms with E-state index in [9.17, 15) is 9.59 Å². The topological polar surface area (TPSA) is 65.5 Å². The summed E-state index contributed by atoms with van der Waals surface area (Å²) in [5, 5.41) is 3.76. The first-order valence-corrected chi connectivity index (χ1v) is 12.7. The van der Waals surface area contributed by atoms with E-state index in [2.05, 4.69) is 20.1 Å². The second kappa shape index (κ2) is 10.1. The van der Waals surface area contributed by atoms with E-state index >= 15 is 0 Å². The average Bonchev–Trinajstić information content (AvgIpc) is 3.35. The van der Waals surface area contributed by atoms with Crippen LogP contribution in [-0.4, -0.2) is 51.9 Å². The van der Waals surface area contributed by atoms with Crippen molar-refractivity contribution in [2.45, 2.75) is 96.1 Å². The molecular formula is C23H36N4O2S. The van der Waals surface area contributed by atoms with E-state index in [1.165, 1.54) is 49.9 Å². The average molecular weight is 433 g/mol. The minimum absolute atomic E-state index is 0.00294. The van der Waals surface area contributed by atoms with Crippen molar-refractivity contribution >= 4 is 28.4 Å². The van der Waals surface area contributed by atoms with Crippen LogP contribution in [0.25, 0.3) is 0 Å². The van der Waals surface area contributed by atoms with Crippen LogP contribution in [0, 0.1) is 12.8 Å². The second-order valence-electron chi connectivity index (χ2n) is 9.30. The Balaban J connectivity index is 1.42. The van der Waals surface area contributed by atoms with E-state index in [1.807, 2.05) is 13.1 Å². The Kier molecular flexibility index (Phi) is 7.28. The van der Waals surface area contributed by atoms with Gasteiger partial charge in [0.05, 0.1) is 0 Å². The fourth-order valence-corrected chi connectivity index (χ4v) is 6.18. The normalized spacial score (nSPS) is 22.1. The number of thiazole rings is 1. The summed E-state index contributed by atoms with van der Waals surface area (Å²) < 4.78 is 0. The SMILES string of the molecule is Cc1cnc(NC(=O)N(C2CCCCCC2)C2CCN(C(=O)C3CCCC3)CC2)s1. The molecule has 0 bridgehead atoms. The highest BCUT2D eigenvalue weighted by atomic mass is 32.1. The summed E-state index contributed by atoms with van der Waals surface area (Å²) in [6.45, 7) is 3.58. The summed E-state index contributed by atoms with van der Waals surface area (Å²) >= 11 is 1.53. The zero-order chi connectivity index (χ0) is 20.9. The Morgan fingerprint density at radius 1 is 0.967 bits per heavy atom. The Morgan fingerprint density at radius 2 is 1.57 bits per heavy atom. The van der Waals surface area contributed by atoms with Gasteiger partial charge in [0, 0.05) is 42.2 Å². The van der Waals surface area contributed by atoms with Crippen molar-refractivity contribution in [3.05, 3.63) is 11.1 Å². The van der Waals surface area contributed by atoms with Crippen molar-refractivity contribution in [2.75, 3.05) is 18.4 Å². The van der Waals surface area contributed by atoms with Gasteiger partial charge in [-0.05, 0) is 45.4 Å². The summed E-state index contributed by atoms with van der Waals surface area (Å²) in [4.78, 5) is 35.8. The van der Waals surface area contributed by atoms with E-state index in [4.69, 9.17) is 0 Å². The van der Waals surface area contributed by atoms with Crippen LogP contribution in [0.1, 0.15) is 81.9 Å². The lowest BCUT2D eigenvalue weighted by Crippen LogP contribution is -2.54. The quantitative estimate of drug-likeness (QED) is 0.666. The molecule has 0 atom stereocenters. The summed E-state index contributed by atoms with van der Waals surface area (Å²) in [7, 11) is 0. The Labute approximate surface area is 184 Å². The second-order valence-corrected chi connectivity index (χ2v) is 10.5. The van der Waals surface area contributed by atoms with Gasteiger partial charge >= 0.3 is 6.03 Å². The number of aryl methyl sites for hydroxylation is 1. The van der Waals surface area contributed by atoms with Crippen molar-refractivity contribution in [1.82, 2.24) is 14.8 Å². The first kappa shape index (κ1) is 21.6. The smallest absolute Gasteiger partial charge is 0.324 e. The molecule has 0 spiro atoms. The number of amides is 3. The molecule has 3 aliphatic rings. The third kappa shape index (κ3) is 5.16. The van der Waals surface area contributed by atoms with Crippen molar-refractivity contribution in [3.8, 4) is 0 Å². The van der Waals surface area contributed by atoms with Crippen molar-refractivity contribution < 1.29 is 9.59 Å². The van der Waals surface area contributed by atoms with E-state index in [-0.39, 0.29) is 18.0 Å². The molecule has 1 saturated heterocycles. The number of carbonyl (C=O) groups excluding carboxylic acids is 2. The third-order valence-electron chi connectivity index (χ3n) is 7.16. The van der Waals surface area contributed by atoms with Gasteiger partial charge in [0.2, 0.25) is 5.91 Å². The van der Waals surface area contributed by atoms with Gasteiger partial charge in [-0.3, -0.25) is 10.1 Å². The number of nitrogens with one attached hydrogen (secondary N) is 1. The lowest BCUT2D eigenvalue weighted by molar-refractivity contribution is -0.136. The van der Waals surface area contributed by atoms with Gasteiger partial charge in [-0.25, -0.2) is 9.78 Å². The van der Waals surface area contributed by atoms with E-state index in [0.29, 0.717) is 17.1 Å². The molecule has 1 aliphatic heterocycles. The van der Waals surface area contributed by atoms with Crippen LogP contribution in [-0.2, 0) is 4.79 Å². The molecule has 2 aliphatic carbocycles. The van der Waals surface area contributed by atoms with Gasteiger partial charge in [-0.15, -0.1) is 11.3 Å². The van der Waals surface area contributed by atoms with Gasteiger partial charge in [0.25, 0.3) is 0 Å². The van der Waals surface area contributed by atoms with Crippen LogP contribution < -0.4 is 5.32 Å². The molecule has 30 heavy (non-hydrogen) atoms. The minimum atomic E-state index is -0.00294. The van der Waals surface area contributed by atoms with Gasteiger partial charge in [-0.2, -0.15) is 0 Å².